The fourth-order valence-corrected chi connectivity index (χ4v) is 5.04. The molecule has 2 aromatic rings. The molecule has 0 amide bonds. The van der Waals surface area contributed by atoms with E-state index in [9.17, 15) is 9.59 Å². The molecule has 1 aliphatic heterocycles. The number of hydrogen-bond donors (Lipinski definition) is 2. The summed E-state index contributed by atoms with van der Waals surface area (Å²) in [4.78, 5) is 23.1. The van der Waals surface area contributed by atoms with Crippen molar-refractivity contribution in [1.82, 2.24) is 4.90 Å². The maximum absolute atomic E-state index is 9.55. The largest absolute Gasteiger partial charge is 0.478 e. The highest BCUT2D eigenvalue weighted by molar-refractivity contribution is 7.10. The Bertz CT molecular complexity index is 963. The normalized spacial score (nSPS) is 18.8. The number of likely N-dealkylation sites (tertiary alicyclic amines) is 1. The van der Waals surface area contributed by atoms with Crippen LogP contribution in [-0.4, -0.2) is 47.2 Å². The molecule has 0 saturated carbocycles. The van der Waals surface area contributed by atoms with Crippen LogP contribution in [0.2, 0.25) is 0 Å². The van der Waals surface area contributed by atoms with Crippen molar-refractivity contribution in [3.05, 3.63) is 75.0 Å². The number of nitrogens with zero attached hydrogens (tertiary/aromatic N) is 1. The molecule has 4 rings (SSSR count). The van der Waals surface area contributed by atoms with Crippen molar-refractivity contribution >= 4 is 28.8 Å². The van der Waals surface area contributed by atoms with Gasteiger partial charge < -0.3 is 15.1 Å². The summed E-state index contributed by atoms with van der Waals surface area (Å²) in [6.07, 6.45) is 4.71. The second-order valence-corrected chi connectivity index (χ2v) is 8.70. The molecule has 1 aromatic heterocycles. The highest BCUT2D eigenvalue weighted by Crippen LogP contribution is 2.43. The van der Waals surface area contributed by atoms with Crippen LogP contribution in [0.3, 0.4) is 0 Å². The van der Waals surface area contributed by atoms with E-state index < -0.39 is 11.9 Å². The average molecular weight is 426 g/mol. The van der Waals surface area contributed by atoms with Crippen molar-refractivity contribution in [2.24, 2.45) is 0 Å². The Morgan fingerprint density at radius 1 is 1.03 bits per heavy atom. The van der Waals surface area contributed by atoms with Gasteiger partial charge in [-0.2, -0.15) is 0 Å². The Morgan fingerprint density at radius 2 is 1.67 bits per heavy atom. The summed E-state index contributed by atoms with van der Waals surface area (Å²) in [5.41, 5.74) is 7.76. The van der Waals surface area contributed by atoms with Crippen molar-refractivity contribution in [2.45, 2.75) is 32.1 Å². The van der Waals surface area contributed by atoms with Crippen molar-refractivity contribution in [3.8, 4) is 0 Å². The van der Waals surface area contributed by atoms with Gasteiger partial charge in [-0.15, -0.1) is 11.3 Å². The Balaban J connectivity index is 0.000000275. The van der Waals surface area contributed by atoms with E-state index in [4.69, 9.17) is 10.2 Å². The number of carbonyl (C=O) groups is 2. The van der Waals surface area contributed by atoms with Crippen molar-refractivity contribution in [3.63, 3.8) is 0 Å². The number of fused-ring (bicyclic) bond motifs is 2. The summed E-state index contributed by atoms with van der Waals surface area (Å²) >= 11 is 1.94. The van der Waals surface area contributed by atoms with Gasteiger partial charge in [-0.1, -0.05) is 36.8 Å². The van der Waals surface area contributed by atoms with E-state index in [1.807, 2.05) is 11.3 Å². The van der Waals surface area contributed by atoms with E-state index in [1.54, 1.807) is 16.0 Å². The van der Waals surface area contributed by atoms with Crippen LogP contribution in [0.5, 0.6) is 0 Å². The lowest BCUT2D eigenvalue weighted by Crippen LogP contribution is -2.27. The van der Waals surface area contributed by atoms with Gasteiger partial charge in [0, 0.05) is 30.1 Å². The third-order valence-corrected chi connectivity index (χ3v) is 6.69. The maximum Gasteiger partial charge on any atom is 0.328 e. The van der Waals surface area contributed by atoms with Gasteiger partial charge in [0.05, 0.1) is 0 Å². The monoisotopic (exact) mass is 425 g/mol. The lowest BCUT2D eigenvalue weighted by molar-refractivity contribution is -0.134. The van der Waals surface area contributed by atoms with Crippen LogP contribution in [0, 0.1) is 0 Å². The average Bonchev–Trinajstić information content (AvgIpc) is 3.15. The Kier molecular flexibility index (Phi) is 7.24. The first-order chi connectivity index (χ1) is 14.4. The molecule has 0 spiro atoms. The second kappa shape index (κ2) is 9.87. The van der Waals surface area contributed by atoms with Gasteiger partial charge in [-0.3, -0.25) is 0 Å². The second-order valence-electron chi connectivity index (χ2n) is 7.75. The molecule has 2 N–H and O–H groups in total. The summed E-state index contributed by atoms with van der Waals surface area (Å²) in [5, 5.41) is 17.9. The first-order valence-electron chi connectivity index (χ1n) is 10.1. The Labute approximate surface area is 181 Å². The first kappa shape index (κ1) is 22.0. The third-order valence-electron chi connectivity index (χ3n) is 5.54. The molecule has 0 bridgehead atoms. The summed E-state index contributed by atoms with van der Waals surface area (Å²) in [6.45, 7) is 4.76. The van der Waals surface area contributed by atoms with Crippen LogP contribution in [0.1, 0.15) is 47.3 Å². The standard InChI is InChI=1S/C20H23NS.C4H4O4/c1-14-13-16-5-3-4-6-17(16)19(18-9-12-22-20(14)18)15-7-10-21(2)11-8-15;5-3(6)1-2-4(7)8/h3-6,9,12,14H,7-8,10-11,13H2,1-2H3;1-2H,(H,5,6)(H,7,8)/b;2-1-. The summed E-state index contributed by atoms with van der Waals surface area (Å²) < 4.78 is 0. The van der Waals surface area contributed by atoms with Gasteiger partial charge in [0.2, 0.25) is 0 Å². The van der Waals surface area contributed by atoms with Crippen LogP contribution < -0.4 is 0 Å². The van der Waals surface area contributed by atoms with Crippen LogP contribution >= 0.6 is 11.3 Å². The molecule has 0 radical (unpaired) electrons. The highest BCUT2D eigenvalue weighted by Gasteiger charge is 2.26. The van der Waals surface area contributed by atoms with E-state index in [0.29, 0.717) is 18.1 Å². The van der Waals surface area contributed by atoms with E-state index in [-0.39, 0.29) is 0 Å². The van der Waals surface area contributed by atoms with Crippen molar-refractivity contribution < 1.29 is 19.8 Å². The minimum atomic E-state index is -1.26. The fraction of sp³-hybridized carbons (Fsp3) is 0.333. The molecule has 2 heterocycles. The predicted molar refractivity (Wildman–Crippen MR) is 120 cm³/mol. The number of benzene rings is 1. The van der Waals surface area contributed by atoms with Gasteiger partial charge in [0.15, 0.2) is 0 Å². The number of rotatable bonds is 2. The molecule has 1 saturated heterocycles. The zero-order chi connectivity index (χ0) is 21.7. The summed E-state index contributed by atoms with van der Waals surface area (Å²) in [6, 6.07) is 11.4. The van der Waals surface area contributed by atoms with Crippen LogP contribution in [0.15, 0.2) is 53.4 Å². The quantitative estimate of drug-likeness (QED) is 0.685. The lowest BCUT2D eigenvalue weighted by atomic mass is 9.88. The number of carboxylic acids is 2. The zero-order valence-electron chi connectivity index (χ0n) is 17.3. The van der Waals surface area contributed by atoms with Crippen molar-refractivity contribution in [1.29, 1.82) is 0 Å². The van der Waals surface area contributed by atoms with E-state index in [2.05, 4.69) is 54.6 Å². The molecule has 1 aromatic carbocycles. The molecule has 5 nitrogen and oxygen atoms in total. The van der Waals surface area contributed by atoms with E-state index in [0.717, 1.165) is 0 Å². The summed E-state index contributed by atoms with van der Waals surface area (Å²) in [7, 11) is 2.24. The molecular formula is C24H27NO4S. The van der Waals surface area contributed by atoms with Crippen molar-refractivity contribution in [2.75, 3.05) is 20.1 Å². The fourth-order valence-electron chi connectivity index (χ4n) is 4.08. The molecule has 1 unspecified atom stereocenters. The van der Waals surface area contributed by atoms with Gasteiger partial charge in [-0.25, -0.2) is 9.59 Å². The smallest absolute Gasteiger partial charge is 0.328 e. The third kappa shape index (κ3) is 5.26. The molecule has 6 heteroatoms. The SMILES string of the molecule is CC1Cc2ccccc2C(=C2CCN(C)CC2)c2ccsc21.O=C(O)/C=C\C(=O)O. The zero-order valence-corrected chi connectivity index (χ0v) is 18.1. The Hall–Kier alpha value is -2.70. The van der Waals surface area contributed by atoms with Gasteiger partial charge in [0.1, 0.15) is 0 Å². The number of thiophene rings is 1. The van der Waals surface area contributed by atoms with Crippen LogP contribution in [0.4, 0.5) is 0 Å². The lowest BCUT2D eigenvalue weighted by Gasteiger charge is -2.27. The van der Waals surface area contributed by atoms with E-state index >= 15 is 0 Å². The highest BCUT2D eigenvalue weighted by atomic mass is 32.1. The molecule has 1 atom stereocenters. The van der Waals surface area contributed by atoms with Crippen LogP contribution in [-0.2, 0) is 16.0 Å². The van der Waals surface area contributed by atoms with Gasteiger partial charge in [-0.05, 0) is 65.9 Å². The number of aliphatic carboxylic acids is 2. The minimum absolute atomic E-state index is 0.558. The van der Waals surface area contributed by atoms with Gasteiger partial charge in [0.25, 0.3) is 0 Å². The maximum atomic E-state index is 9.55. The molecule has 158 valence electrons. The van der Waals surface area contributed by atoms with E-state index in [1.165, 1.54) is 49.0 Å². The number of hydrogen-bond acceptors (Lipinski definition) is 4. The molecule has 30 heavy (non-hydrogen) atoms. The molecule has 1 aliphatic carbocycles. The number of carboxylic acid groups (broad SMARTS) is 2. The molecule has 2 aliphatic rings. The first-order valence-corrected chi connectivity index (χ1v) is 10.9. The molecule has 1 fully saturated rings. The van der Waals surface area contributed by atoms with Gasteiger partial charge >= 0.3 is 11.9 Å². The minimum Gasteiger partial charge on any atom is -0.478 e. The molecular weight excluding hydrogens is 398 g/mol. The topological polar surface area (TPSA) is 77.8 Å². The predicted octanol–water partition coefficient (Wildman–Crippen LogP) is 4.65. The Morgan fingerprint density at radius 3 is 2.30 bits per heavy atom. The summed E-state index contributed by atoms with van der Waals surface area (Å²) in [5.74, 6) is -1.89. The van der Waals surface area contributed by atoms with Crippen LogP contribution in [0.25, 0.3) is 5.57 Å². The number of piperidine rings is 1.